The summed E-state index contributed by atoms with van der Waals surface area (Å²) in [5.74, 6) is -0.899. The summed E-state index contributed by atoms with van der Waals surface area (Å²) >= 11 is 1.51. The van der Waals surface area contributed by atoms with Crippen molar-refractivity contribution in [2.45, 2.75) is 44.8 Å². The number of hydrogen-bond donors (Lipinski definition) is 1. The molecular weight excluding hydrogens is 501 g/mol. The number of halogens is 3. The predicted molar refractivity (Wildman–Crippen MR) is 135 cm³/mol. The summed E-state index contributed by atoms with van der Waals surface area (Å²) in [7, 11) is 0. The van der Waals surface area contributed by atoms with Gasteiger partial charge in [-0.25, -0.2) is 0 Å². The number of allylic oxidation sites excluding steroid dienone is 3. The van der Waals surface area contributed by atoms with E-state index in [0.717, 1.165) is 41.0 Å². The summed E-state index contributed by atoms with van der Waals surface area (Å²) in [4.78, 5) is 18.8. The fourth-order valence-electron chi connectivity index (χ4n) is 5.40. The number of benzene rings is 1. The molecule has 0 amide bonds. The highest BCUT2D eigenvalue weighted by Gasteiger charge is 2.43. The average molecular weight is 529 g/mol. The van der Waals surface area contributed by atoms with Crippen LogP contribution in [0.1, 0.15) is 46.1 Å². The van der Waals surface area contributed by atoms with Gasteiger partial charge in [0.2, 0.25) is 0 Å². The lowest BCUT2D eigenvalue weighted by atomic mass is 9.78. The number of Topliss-reactive ketones (excluding diaryl/α,β-unsaturated/α-hetero) is 1. The van der Waals surface area contributed by atoms with Crippen LogP contribution in [0.3, 0.4) is 0 Å². The number of nitriles is 1. The molecule has 0 spiro atoms. The van der Waals surface area contributed by atoms with Crippen LogP contribution in [0.5, 0.6) is 0 Å². The van der Waals surface area contributed by atoms with E-state index in [1.165, 1.54) is 34.4 Å². The Kier molecular flexibility index (Phi) is 6.88. The smallest absolute Gasteiger partial charge is 0.384 e. The minimum atomic E-state index is -4.63. The van der Waals surface area contributed by atoms with Crippen LogP contribution >= 0.6 is 11.3 Å². The van der Waals surface area contributed by atoms with Gasteiger partial charge in [0.25, 0.3) is 0 Å². The third-order valence-electron chi connectivity index (χ3n) is 7.19. The molecule has 2 aromatic rings. The molecule has 3 aliphatic rings. The third-order valence-corrected chi connectivity index (χ3v) is 8.34. The second-order valence-corrected chi connectivity index (χ2v) is 10.7. The molecule has 1 aliphatic carbocycles. The average Bonchev–Trinajstić information content (AvgIpc) is 3.23. The minimum absolute atomic E-state index is 0.0570. The first kappa shape index (κ1) is 25.5. The van der Waals surface area contributed by atoms with E-state index in [2.05, 4.69) is 11.0 Å². The van der Waals surface area contributed by atoms with Crippen LogP contribution in [-0.4, -0.2) is 37.0 Å². The van der Waals surface area contributed by atoms with Gasteiger partial charge < -0.3 is 10.5 Å². The first-order chi connectivity index (χ1) is 17.7. The van der Waals surface area contributed by atoms with Crippen molar-refractivity contribution in [1.29, 1.82) is 5.26 Å². The lowest BCUT2D eigenvalue weighted by Gasteiger charge is -2.40. The molecule has 3 heterocycles. The maximum Gasteiger partial charge on any atom is 0.418 e. The molecule has 0 unspecified atom stereocenters. The lowest BCUT2D eigenvalue weighted by Crippen LogP contribution is -2.39. The number of alkyl halides is 3. The van der Waals surface area contributed by atoms with Gasteiger partial charge in [-0.2, -0.15) is 18.4 Å². The highest BCUT2D eigenvalue weighted by atomic mass is 32.1. The zero-order valence-corrected chi connectivity index (χ0v) is 21.2. The normalized spacial score (nSPS) is 21.3. The van der Waals surface area contributed by atoms with E-state index in [9.17, 15) is 23.2 Å². The Labute approximate surface area is 217 Å². The van der Waals surface area contributed by atoms with Crippen molar-refractivity contribution in [2.75, 3.05) is 31.2 Å². The standard InChI is InChI=1S/C27H27F3N4O2S/c1-16-17(15-33-9-11-36-12-10-33)13-23(37-16)24-18(14-31)26(32)34(21-7-4-8-22(35)25(21)24)20-6-3-2-5-19(20)27(28,29)30/h2-3,5-6,13,24H,4,7-12,15,32H2,1H3/t24-/m1/s1. The topological polar surface area (TPSA) is 82.6 Å². The Bertz CT molecular complexity index is 1330. The van der Waals surface area contributed by atoms with Crippen LogP contribution in [0.4, 0.5) is 18.9 Å². The van der Waals surface area contributed by atoms with Crippen molar-refractivity contribution in [3.63, 3.8) is 0 Å². The predicted octanol–water partition coefficient (Wildman–Crippen LogP) is 5.21. The Morgan fingerprint density at radius 3 is 2.65 bits per heavy atom. The Morgan fingerprint density at radius 2 is 1.95 bits per heavy atom. The molecule has 2 aliphatic heterocycles. The van der Waals surface area contributed by atoms with E-state index in [-0.39, 0.29) is 29.3 Å². The highest BCUT2D eigenvalue weighted by Crippen LogP contribution is 2.50. The number of rotatable bonds is 4. The monoisotopic (exact) mass is 528 g/mol. The Balaban J connectivity index is 1.63. The summed E-state index contributed by atoms with van der Waals surface area (Å²) < 4.78 is 47.3. The van der Waals surface area contributed by atoms with Crippen molar-refractivity contribution in [3.8, 4) is 6.07 Å². The summed E-state index contributed by atoms with van der Waals surface area (Å²) in [6, 6.07) is 9.32. The lowest BCUT2D eigenvalue weighted by molar-refractivity contribution is -0.137. The number of anilines is 1. The fourth-order valence-corrected chi connectivity index (χ4v) is 6.56. The Morgan fingerprint density at radius 1 is 1.22 bits per heavy atom. The SMILES string of the molecule is Cc1sc([C@H]2C(C#N)=C(N)N(c3ccccc3C(F)(F)F)C3=C2C(=O)CCC3)cc1CN1CCOCC1. The van der Waals surface area contributed by atoms with Gasteiger partial charge in [0, 0.05) is 47.1 Å². The summed E-state index contributed by atoms with van der Waals surface area (Å²) in [5.41, 5.74) is 7.52. The van der Waals surface area contributed by atoms with Gasteiger partial charge in [-0.15, -0.1) is 11.3 Å². The van der Waals surface area contributed by atoms with Gasteiger partial charge in [0.05, 0.1) is 42.0 Å². The molecule has 1 aromatic heterocycles. The van der Waals surface area contributed by atoms with Crippen molar-refractivity contribution >= 4 is 22.8 Å². The number of carbonyl (C=O) groups is 1. The van der Waals surface area contributed by atoms with Crippen molar-refractivity contribution in [1.82, 2.24) is 4.90 Å². The summed E-state index contributed by atoms with van der Waals surface area (Å²) in [6.45, 7) is 5.74. The number of nitrogens with zero attached hydrogens (tertiary/aromatic N) is 3. The second-order valence-electron chi connectivity index (χ2n) is 9.45. The van der Waals surface area contributed by atoms with E-state index in [1.807, 2.05) is 13.0 Å². The number of para-hydroxylation sites is 1. The van der Waals surface area contributed by atoms with Crippen LogP contribution in [-0.2, 0) is 22.3 Å². The van der Waals surface area contributed by atoms with E-state index in [4.69, 9.17) is 10.5 Å². The van der Waals surface area contributed by atoms with Crippen LogP contribution in [0.2, 0.25) is 0 Å². The quantitative estimate of drug-likeness (QED) is 0.587. The number of ketones is 1. The van der Waals surface area contributed by atoms with E-state index in [1.54, 1.807) is 0 Å². The van der Waals surface area contributed by atoms with Crippen LogP contribution in [0.25, 0.3) is 0 Å². The molecule has 1 aromatic carbocycles. The fraction of sp³-hybridized carbons (Fsp3) is 0.407. The van der Waals surface area contributed by atoms with Crippen molar-refractivity contribution in [2.24, 2.45) is 5.73 Å². The number of aryl methyl sites for hydroxylation is 1. The van der Waals surface area contributed by atoms with Crippen LogP contribution in [0, 0.1) is 18.3 Å². The van der Waals surface area contributed by atoms with E-state index in [0.29, 0.717) is 37.3 Å². The number of thiophene rings is 1. The Hall–Kier alpha value is -3.13. The molecule has 1 fully saturated rings. The summed E-state index contributed by atoms with van der Waals surface area (Å²) in [5, 5.41) is 10.2. The molecule has 0 radical (unpaired) electrons. The molecule has 194 valence electrons. The zero-order chi connectivity index (χ0) is 26.3. The first-order valence-electron chi connectivity index (χ1n) is 12.2. The van der Waals surface area contributed by atoms with Gasteiger partial charge in [-0.3, -0.25) is 14.6 Å². The van der Waals surface area contributed by atoms with Gasteiger partial charge in [0.1, 0.15) is 5.82 Å². The van der Waals surface area contributed by atoms with Crippen LogP contribution < -0.4 is 10.6 Å². The van der Waals surface area contributed by atoms with Gasteiger partial charge in [-0.05, 0) is 43.5 Å². The first-order valence-corrected chi connectivity index (χ1v) is 13.0. The minimum Gasteiger partial charge on any atom is -0.384 e. The zero-order valence-electron chi connectivity index (χ0n) is 20.4. The molecule has 0 bridgehead atoms. The third kappa shape index (κ3) is 4.67. The molecule has 37 heavy (non-hydrogen) atoms. The number of nitrogens with two attached hydrogens (primary N) is 1. The summed E-state index contributed by atoms with van der Waals surface area (Å²) in [6.07, 6.45) is -3.43. The molecular formula is C27H27F3N4O2S. The number of morpholine rings is 1. The molecule has 10 heteroatoms. The largest absolute Gasteiger partial charge is 0.418 e. The van der Waals surface area contributed by atoms with Crippen LogP contribution in [0.15, 0.2) is 53.0 Å². The molecule has 5 rings (SSSR count). The van der Waals surface area contributed by atoms with Crippen molar-refractivity contribution in [3.05, 3.63) is 73.9 Å². The maximum absolute atomic E-state index is 13.9. The molecule has 1 saturated heterocycles. The van der Waals surface area contributed by atoms with Gasteiger partial charge in [-0.1, -0.05) is 12.1 Å². The van der Waals surface area contributed by atoms with Gasteiger partial charge >= 0.3 is 6.18 Å². The molecule has 0 saturated carbocycles. The second kappa shape index (κ2) is 9.97. The van der Waals surface area contributed by atoms with E-state index >= 15 is 0 Å². The number of hydrogen-bond acceptors (Lipinski definition) is 7. The molecule has 2 N–H and O–H groups in total. The molecule has 6 nitrogen and oxygen atoms in total. The molecule has 1 atom stereocenters. The van der Waals surface area contributed by atoms with Gasteiger partial charge in [0.15, 0.2) is 5.78 Å². The number of ether oxygens (including phenoxy) is 1. The maximum atomic E-state index is 13.9. The number of carbonyl (C=O) groups excluding carboxylic acids is 1. The highest BCUT2D eigenvalue weighted by molar-refractivity contribution is 7.12. The van der Waals surface area contributed by atoms with Crippen molar-refractivity contribution < 1.29 is 22.7 Å². The van der Waals surface area contributed by atoms with E-state index < -0.39 is 17.7 Å².